The normalized spacial score (nSPS) is 17.9. The Kier molecular flexibility index (Phi) is 3.10. The van der Waals surface area contributed by atoms with Crippen molar-refractivity contribution in [2.75, 3.05) is 11.5 Å². The molecule has 4 rings (SSSR count). The van der Waals surface area contributed by atoms with E-state index in [4.69, 9.17) is 36.6 Å². The summed E-state index contributed by atoms with van der Waals surface area (Å²) in [5, 5.41) is 4.35. The molecule has 0 saturated carbocycles. The minimum absolute atomic E-state index is 0.0937. The number of fused-ring (bicyclic) bond motifs is 1. The third kappa shape index (κ3) is 3.70. The summed E-state index contributed by atoms with van der Waals surface area (Å²) < 4.78 is 106. The molecule has 0 amide bonds. The van der Waals surface area contributed by atoms with Gasteiger partial charge in [-0.1, -0.05) is 16.8 Å². The number of aromatic nitrogens is 1. The molecule has 1 aliphatic rings. The van der Waals surface area contributed by atoms with E-state index < -0.39 is 80.4 Å². The highest BCUT2D eigenvalue weighted by Gasteiger charge is 2.27. The van der Waals surface area contributed by atoms with Crippen molar-refractivity contribution in [2.24, 2.45) is 0 Å². The molecule has 29 heavy (non-hydrogen) atoms. The number of nitrogens with zero attached hydrogens (tertiary/aromatic N) is 1. The van der Waals surface area contributed by atoms with Crippen LogP contribution in [0.4, 0.5) is 5.88 Å². The minimum atomic E-state index is -4.88. The zero-order chi connectivity index (χ0) is 27.7. The third-order valence-electron chi connectivity index (χ3n) is 3.67. The number of carbonyl (C=O) groups is 1. The van der Waals surface area contributed by atoms with E-state index in [1.165, 1.54) is 6.92 Å². The Bertz CT molecular complexity index is 1540. The zero-order valence-electron chi connectivity index (χ0n) is 22.4. The summed E-state index contributed by atoms with van der Waals surface area (Å²) in [5.41, 5.74) is -1.84. The molecule has 1 aliphatic heterocycles. The third-order valence-corrected chi connectivity index (χ3v) is 6.45. The highest BCUT2D eigenvalue weighted by atomic mass is 35.5. The fourth-order valence-electron chi connectivity index (χ4n) is 2.31. The van der Waals surface area contributed by atoms with Crippen molar-refractivity contribution in [3.05, 3.63) is 50.3 Å². The van der Waals surface area contributed by atoms with E-state index in [2.05, 4.69) is 5.16 Å². The summed E-state index contributed by atoms with van der Waals surface area (Å²) in [6.45, 7) is -2.21. The molecular weight excluding hydrogens is 440 g/mol. The Morgan fingerprint density at radius 1 is 1.48 bits per heavy atom. The Morgan fingerprint density at radius 3 is 2.93 bits per heavy atom. The molecule has 0 fully saturated rings. The molecule has 8 nitrogen and oxygen atoms in total. The topological polar surface area (TPSA) is 108 Å². The van der Waals surface area contributed by atoms with Gasteiger partial charge in [0.1, 0.15) is 15.6 Å². The molecule has 2 aromatic heterocycles. The Hall–Kier alpha value is -2.56. The van der Waals surface area contributed by atoms with Crippen molar-refractivity contribution in [3.8, 4) is 11.5 Å². The van der Waals surface area contributed by atoms with Crippen molar-refractivity contribution < 1.29 is 38.2 Å². The van der Waals surface area contributed by atoms with E-state index in [1.54, 1.807) is 0 Å². The van der Waals surface area contributed by atoms with Crippen LogP contribution in [-0.2, 0) is 16.4 Å². The van der Waals surface area contributed by atoms with Crippen LogP contribution in [0.1, 0.15) is 36.1 Å². The number of anilines is 1. The van der Waals surface area contributed by atoms with Crippen LogP contribution in [-0.4, -0.2) is 26.2 Å². The monoisotopic (exact) mass is 462 g/mol. The number of ketones is 1. The van der Waals surface area contributed by atoms with E-state index >= 15 is 0 Å². The highest BCUT2D eigenvalue weighted by Crippen LogP contribution is 2.36. The van der Waals surface area contributed by atoms with Gasteiger partial charge in [0.2, 0.25) is 6.79 Å². The van der Waals surface area contributed by atoms with Crippen LogP contribution in [0.5, 0.6) is 11.5 Å². The number of hydrogen-bond acceptors (Lipinski definition) is 8. The SMILES string of the molecule is [2H]c1c2c(c([2H])c(C([2H])([2H])C(=O)c3sccc3S(=O)(=O)N([2H])c3onc(C)c3Cl)c1C([2H])([2H])[2H])OCO2. The number of ether oxygens (including phenoxy) is 2. The number of rotatable bonds is 6. The second kappa shape index (κ2) is 7.36. The van der Waals surface area contributed by atoms with E-state index in [-0.39, 0.29) is 21.2 Å². The van der Waals surface area contributed by atoms with Gasteiger partial charge in [-0.15, -0.1) is 11.3 Å². The summed E-state index contributed by atoms with van der Waals surface area (Å²) >= 11 is 6.46. The van der Waals surface area contributed by atoms with Crippen molar-refractivity contribution in [1.29, 1.82) is 0 Å². The van der Waals surface area contributed by atoms with Gasteiger partial charge < -0.3 is 14.0 Å². The van der Waals surface area contributed by atoms with Crippen molar-refractivity contribution >= 4 is 44.6 Å². The number of hydrogen-bond donors (Lipinski definition) is 1. The number of thiophene rings is 1. The fraction of sp³-hybridized carbons (Fsp3) is 0.222. The largest absolute Gasteiger partial charge is 0.454 e. The van der Waals surface area contributed by atoms with Gasteiger partial charge in [-0.25, -0.2) is 13.1 Å². The number of halogens is 1. The molecule has 1 N–H and O–H groups in total. The van der Waals surface area contributed by atoms with Gasteiger partial charge in [0, 0.05) is 13.2 Å². The van der Waals surface area contributed by atoms with Crippen LogP contribution in [0.25, 0.3) is 0 Å². The van der Waals surface area contributed by atoms with E-state index in [1.807, 2.05) is 0 Å². The molecule has 3 aromatic rings. The standard InChI is InChI=1S/C18H15ClN2O6S2/c1-9-5-13-14(26-8-25-13)7-11(9)6-12(22)17-15(3-4-28-17)29(23,24)21-18-16(19)10(2)20-27-18/h3-5,7,21H,6,8H2,1-2H3/i1D3,5D,6D2,7D/hD. The van der Waals surface area contributed by atoms with Crippen LogP contribution in [0.3, 0.4) is 0 Å². The fourth-order valence-corrected chi connectivity index (χ4v) is 4.71. The minimum Gasteiger partial charge on any atom is -0.454 e. The molecule has 0 saturated heterocycles. The molecule has 0 aliphatic carbocycles. The van der Waals surface area contributed by atoms with Gasteiger partial charge in [-0.2, -0.15) is 0 Å². The lowest BCUT2D eigenvalue weighted by Gasteiger charge is -2.09. The van der Waals surface area contributed by atoms with Crippen molar-refractivity contribution in [2.45, 2.75) is 25.0 Å². The number of sulfonamides is 1. The molecule has 1 aromatic carbocycles. The van der Waals surface area contributed by atoms with E-state index in [9.17, 15) is 13.2 Å². The molecule has 0 radical (unpaired) electrons. The number of Topliss-reactive ketones (excluding diaryl/α,β-unsaturated/α-hetero) is 1. The van der Waals surface area contributed by atoms with Crippen molar-refractivity contribution in [3.63, 3.8) is 0 Å². The van der Waals surface area contributed by atoms with Crippen LogP contribution in [0.15, 0.2) is 32.9 Å². The van der Waals surface area contributed by atoms with E-state index in [0.717, 1.165) is 11.4 Å². The summed E-state index contributed by atoms with van der Waals surface area (Å²) in [6, 6.07) is -0.675. The molecule has 152 valence electrons. The first kappa shape index (κ1) is 12.2. The lowest BCUT2D eigenvalue weighted by molar-refractivity contribution is 0.0994. The van der Waals surface area contributed by atoms with Crippen LogP contribution >= 0.6 is 22.9 Å². The predicted octanol–water partition coefficient (Wildman–Crippen LogP) is 3.96. The molecule has 0 bridgehead atoms. The molecule has 11 heteroatoms. The summed E-state index contributed by atoms with van der Waals surface area (Å²) in [6.07, 6.45) is -3.32. The quantitative estimate of drug-likeness (QED) is 0.552. The van der Waals surface area contributed by atoms with Gasteiger partial charge in [0.25, 0.3) is 15.9 Å². The summed E-state index contributed by atoms with van der Waals surface area (Å²) in [7, 11) is -4.88. The predicted molar refractivity (Wildman–Crippen MR) is 107 cm³/mol. The van der Waals surface area contributed by atoms with Crippen molar-refractivity contribution in [1.82, 2.24) is 5.16 Å². The maximum Gasteiger partial charge on any atom is 0.265 e. The first-order valence-corrected chi connectivity index (χ1v) is 10.4. The van der Waals surface area contributed by atoms with Gasteiger partial charge in [0.15, 0.2) is 18.7 Å². The second-order valence-corrected chi connectivity index (χ2v) is 8.45. The maximum absolute atomic E-state index is 13.5. The maximum atomic E-state index is 13.5. The Balaban J connectivity index is 1.87. The molecule has 0 atom stereocenters. The summed E-state index contributed by atoms with van der Waals surface area (Å²) in [5.74, 6) is -2.99. The number of aryl methyl sites for hydroxylation is 1. The average Bonchev–Trinajstić information content (AvgIpc) is 3.55. The van der Waals surface area contributed by atoms with Gasteiger partial charge in [0.05, 0.1) is 7.62 Å². The molecular formula is C18H15ClN2O6S2. The lowest BCUT2D eigenvalue weighted by atomic mass is 10.0. The number of nitrogens with one attached hydrogen (secondary N) is 1. The highest BCUT2D eigenvalue weighted by molar-refractivity contribution is 7.93. The lowest BCUT2D eigenvalue weighted by Crippen LogP contribution is -2.16. The Labute approximate surface area is 186 Å². The van der Waals surface area contributed by atoms with Crippen LogP contribution in [0.2, 0.25) is 6.43 Å². The Morgan fingerprint density at radius 2 is 2.24 bits per heavy atom. The van der Waals surface area contributed by atoms with Gasteiger partial charge in [-0.05, 0) is 48.4 Å². The number of carbonyl (C=O) groups excluding carboxylic acids is 1. The zero-order valence-corrected chi connectivity index (χ0v) is 16.8. The summed E-state index contributed by atoms with van der Waals surface area (Å²) in [4.78, 5) is 12.0. The first-order valence-electron chi connectivity index (χ1n) is 11.7. The van der Waals surface area contributed by atoms with Crippen LogP contribution < -0.4 is 14.2 Å². The average molecular weight is 463 g/mol. The smallest absolute Gasteiger partial charge is 0.265 e. The number of benzene rings is 1. The second-order valence-electron chi connectivity index (χ2n) is 5.59. The van der Waals surface area contributed by atoms with Gasteiger partial charge >= 0.3 is 0 Å². The van der Waals surface area contributed by atoms with Crippen LogP contribution in [0, 0.1) is 13.8 Å². The van der Waals surface area contributed by atoms with E-state index in [0.29, 0.717) is 11.3 Å². The molecule has 3 heterocycles. The first-order chi connectivity index (χ1) is 17.0. The van der Waals surface area contributed by atoms with Gasteiger partial charge in [-0.3, -0.25) is 4.79 Å². The molecule has 0 unspecified atom stereocenters. The molecule has 0 spiro atoms.